The summed E-state index contributed by atoms with van der Waals surface area (Å²) in [5.74, 6) is 0.711. The van der Waals surface area contributed by atoms with Crippen molar-refractivity contribution in [3.05, 3.63) is 72.1 Å². The molecule has 2 aromatic carbocycles. The third-order valence-electron chi connectivity index (χ3n) is 3.76. The Hall–Kier alpha value is -2.62. The van der Waals surface area contributed by atoms with Crippen molar-refractivity contribution in [1.29, 1.82) is 0 Å². The molecule has 1 atom stereocenters. The smallest absolute Gasteiger partial charge is 0.284 e. The normalized spacial score (nSPS) is 13.6. The summed E-state index contributed by atoms with van der Waals surface area (Å²) in [6, 6.07) is 18.9. The second-order valence-electron chi connectivity index (χ2n) is 5.50. The van der Waals surface area contributed by atoms with Crippen molar-refractivity contribution in [2.24, 2.45) is 0 Å². The molecule has 3 rings (SSSR count). The fraction of sp³-hybridized carbons (Fsp3) is 0.150. The summed E-state index contributed by atoms with van der Waals surface area (Å²) in [6.07, 6.45) is 3.64. The lowest BCUT2D eigenvalue weighted by molar-refractivity contribution is 0.347. The molecule has 5 nitrogen and oxygen atoms in total. The fourth-order valence-electron chi connectivity index (χ4n) is 2.56. The zero-order chi connectivity index (χ0) is 18.4. The van der Waals surface area contributed by atoms with Crippen LogP contribution in [0.2, 0.25) is 0 Å². The van der Waals surface area contributed by atoms with Crippen molar-refractivity contribution in [2.45, 2.75) is 6.92 Å². The zero-order valence-electron chi connectivity index (χ0n) is 14.8. The van der Waals surface area contributed by atoms with Crippen molar-refractivity contribution < 1.29 is 13.5 Å². The third-order valence-corrected chi connectivity index (χ3v) is 6.22. The number of rotatable bonds is 7. The van der Waals surface area contributed by atoms with Crippen molar-refractivity contribution in [1.82, 2.24) is 4.98 Å². The van der Waals surface area contributed by atoms with E-state index in [1.807, 2.05) is 61.5 Å². The maximum absolute atomic E-state index is 13.7. The summed E-state index contributed by atoms with van der Waals surface area (Å²) >= 11 is 0. The highest BCUT2D eigenvalue weighted by atomic mass is 31.2. The number of oxazole rings is 1. The van der Waals surface area contributed by atoms with Crippen molar-refractivity contribution >= 4 is 36.1 Å². The molecule has 0 amide bonds. The highest BCUT2D eigenvalue weighted by molar-refractivity contribution is 7.74. The van der Waals surface area contributed by atoms with Crippen LogP contribution in [-0.2, 0) is 9.09 Å². The Labute approximate surface area is 153 Å². The number of hydrogen-bond acceptors (Lipinski definition) is 5. The van der Waals surface area contributed by atoms with E-state index in [2.05, 4.69) is 10.3 Å². The van der Waals surface area contributed by atoms with Gasteiger partial charge in [0.2, 0.25) is 11.8 Å². The molecular weight excluding hydrogens is 347 g/mol. The molecule has 0 saturated carbocycles. The van der Waals surface area contributed by atoms with Gasteiger partial charge < -0.3 is 14.3 Å². The molecule has 26 heavy (non-hydrogen) atoms. The fourth-order valence-corrected chi connectivity index (χ4v) is 4.66. The minimum Gasteiger partial charge on any atom is -0.420 e. The summed E-state index contributed by atoms with van der Waals surface area (Å²) < 4.78 is 25.1. The van der Waals surface area contributed by atoms with Crippen molar-refractivity contribution in [3.63, 3.8) is 0 Å². The van der Waals surface area contributed by atoms with Gasteiger partial charge in [-0.3, -0.25) is 4.57 Å². The van der Waals surface area contributed by atoms with Crippen LogP contribution in [0.15, 0.2) is 65.1 Å². The summed E-state index contributed by atoms with van der Waals surface area (Å²) in [5.41, 5.74) is 1.31. The molecule has 0 aliphatic carbocycles. The van der Waals surface area contributed by atoms with E-state index in [9.17, 15) is 4.57 Å². The van der Waals surface area contributed by atoms with E-state index in [0.29, 0.717) is 29.1 Å². The summed E-state index contributed by atoms with van der Waals surface area (Å²) in [6.45, 7) is 2.11. The number of anilines is 1. The molecule has 3 aromatic rings. The lowest BCUT2D eigenvalue weighted by atomic mass is 10.2. The number of hydrogen-bond donors (Lipinski definition) is 1. The van der Waals surface area contributed by atoms with Gasteiger partial charge in [0.15, 0.2) is 5.44 Å². The maximum atomic E-state index is 13.7. The van der Waals surface area contributed by atoms with E-state index >= 15 is 0 Å². The molecule has 1 aromatic heterocycles. The first kappa shape index (κ1) is 18.2. The van der Waals surface area contributed by atoms with Crippen molar-refractivity contribution in [2.75, 3.05) is 19.0 Å². The first-order valence-electron chi connectivity index (χ1n) is 8.40. The predicted octanol–water partition coefficient (Wildman–Crippen LogP) is 4.15. The second kappa shape index (κ2) is 8.17. The van der Waals surface area contributed by atoms with Gasteiger partial charge >= 0.3 is 0 Å². The Morgan fingerprint density at radius 2 is 1.73 bits per heavy atom. The number of nitrogens with zero attached hydrogens (tertiary/aromatic N) is 1. The molecule has 0 radical (unpaired) electrons. The molecule has 0 spiro atoms. The molecule has 6 heteroatoms. The van der Waals surface area contributed by atoms with Gasteiger partial charge in [-0.2, -0.15) is 0 Å². The minimum atomic E-state index is -3.35. The Balaban J connectivity index is 2.02. The number of nitrogens with one attached hydrogen (secondary N) is 1. The van der Waals surface area contributed by atoms with Gasteiger partial charge in [-0.05, 0) is 30.7 Å². The predicted molar refractivity (Wildman–Crippen MR) is 106 cm³/mol. The molecule has 0 saturated heterocycles. The molecule has 1 N–H and O–H groups in total. The topological polar surface area (TPSA) is 64.4 Å². The van der Waals surface area contributed by atoms with E-state index in [0.717, 1.165) is 5.56 Å². The lowest BCUT2D eigenvalue weighted by Gasteiger charge is -2.16. The van der Waals surface area contributed by atoms with Gasteiger partial charge in [0, 0.05) is 18.4 Å². The number of benzene rings is 2. The Kier molecular flexibility index (Phi) is 5.71. The van der Waals surface area contributed by atoms with Crippen molar-refractivity contribution in [3.8, 4) is 0 Å². The molecule has 0 aliphatic rings. The zero-order valence-corrected chi connectivity index (χ0v) is 15.6. The Morgan fingerprint density at radius 3 is 2.35 bits per heavy atom. The highest BCUT2D eigenvalue weighted by Gasteiger charge is 2.35. The summed E-state index contributed by atoms with van der Waals surface area (Å²) in [7, 11) is -1.65. The van der Waals surface area contributed by atoms with E-state index < -0.39 is 7.37 Å². The van der Waals surface area contributed by atoms with Crippen LogP contribution in [0, 0.1) is 0 Å². The maximum Gasteiger partial charge on any atom is 0.284 e. The van der Waals surface area contributed by atoms with E-state index in [1.165, 1.54) is 0 Å². The second-order valence-corrected chi connectivity index (χ2v) is 7.80. The third kappa shape index (κ3) is 3.79. The van der Waals surface area contributed by atoms with Gasteiger partial charge in [-0.25, -0.2) is 4.98 Å². The Bertz CT molecular complexity index is 921. The van der Waals surface area contributed by atoms with Crippen LogP contribution in [0.1, 0.15) is 18.4 Å². The molecule has 0 fully saturated rings. The van der Waals surface area contributed by atoms with Crippen LogP contribution in [-0.4, -0.2) is 18.6 Å². The van der Waals surface area contributed by atoms with E-state index in [4.69, 9.17) is 8.94 Å². The lowest BCUT2D eigenvalue weighted by Crippen LogP contribution is -2.21. The van der Waals surface area contributed by atoms with Crippen LogP contribution in [0.5, 0.6) is 0 Å². The standard InChI is InChI=1S/C20H21N2O3P/c1-3-24-26(23,17-12-8-5-9-13-17)20-19(21-2)25-18(22-20)15-14-16-10-6-4-7-11-16/h4-15,21H,3H2,1-2H3. The molecule has 134 valence electrons. The van der Waals surface area contributed by atoms with Gasteiger partial charge in [-0.1, -0.05) is 48.5 Å². The van der Waals surface area contributed by atoms with Crippen LogP contribution >= 0.6 is 7.37 Å². The molecular formula is C20H21N2O3P. The molecule has 1 heterocycles. The SMILES string of the molecule is CCOP(=O)(c1ccccc1)c1nc(C=Cc2ccccc2)oc1NC. The van der Waals surface area contributed by atoms with E-state index in [-0.39, 0.29) is 0 Å². The van der Waals surface area contributed by atoms with Gasteiger partial charge in [-0.15, -0.1) is 0 Å². The van der Waals surface area contributed by atoms with Crippen LogP contribution in [0.4, 0.5) is 5.88 Å². The Morgan fingerprint density at radius 1 is 1.08 bits per heavy atom. The number of aromatic nitrogens is 1. The van der Waals surface area contributed by atoms with E-state index in [1.54, 1.807) is 25.3 Å². The summed E-state index contributed by atoms with van der Waals surface area (Å²) in [4.78, 5) is 4.46. The highest BCUT2D eigenvalue weighted by Crippen LogP contribution is 2.46. The monoisotopic (exact) mass is 368 g/mol. The average Bonchev–Trinajstić information content (AvgIpc) is 3.12. The van der Waals surface area contributed by atoms with Gasteiger partial charge in [0.1, 0.15) is 0 Å². The minimum absolute atomic E-state index is 0.292. The average molecular weight is 368 g/mol. The van der Waals surface area contributed by atoms with Gasteiger partial charge in [0.05, 0.1) is 6.61 Å². The molecule has 0 bridgehead atoms. The van der Waals surface area contributed by atoms with Crippen LogP contribution in [0.25, 0.3) is 12.2 Å². The van der Waals surface area contributed by atoms with Gasteiger partial charge in [0.25, 0.3) is 7.37 Å². The summed E-state index contributed by atoms with van der Waals surface area (Å²) in [5, 5.41) is 3.52. The quantitative estimate of drug-likeness (QED) is 0.635. The first-order chi connectivity index (χ1) is 12.7. The first-order valence-corrected chi connectivity index (χ1v) is 10.0. The van der Waals surface area contributed by atoms with Crippen LogP contribution in [0.3, 0.4) is 0 Å². The largest absolute Gasteiger partial charge is 0.420 e. The molecule has 0 aliphatic heterocycles. The van der Waals surface area contributed by atoms with Crippen LogP contribution < -0.4 is 16.1 Å². The molecule has 1 unspecified atom stereocenters.